The van der Waals surface area contributed by atoms with Crippen LogP contribution in [0.3, 0.4) is 0 Å². The number of amides is 2. The smallest absolute Gasteiger partial charge is 0.252 e. The summed E-state index contributed by atoms with van der Waals surface area (Å²) in [6, 6.07) is 7.51. The van der Waals surface area contributed by atoms with Crippen LogP contribution in [0, 0.1) is 0 Å². The van der Waals surface area contributed by atoms with Crippen molar-refractivity contribution in [3.05, 3.63) is 29.8 Å². The summed E-state index contributed by atoms with van der Waals surface area (Å²) in [5.74, 6) is 0.299. The number of tetrazole rings is 1. The lowest BCUT2D eigenvalue weighted by Crippen LogP contribution is -2.47. The molecule has 0 spiro atoms. The van der Waals surface area contributed by atoms with Crippen LogP contribution >= 0.6 is 0 Å². The third-order valence-corrected chi connectivity index (χ3v) is 5.48. The second-order valence-electron chi connectivity index (χ2n) is 7.74. The average Bonchev–Trinajstić information content (AvgIpc) is 3.37. The lowest BCUT2D eigenvalue weighted by atomic mass is 10.1. The van der Waals surface area contributed by atoms with Crippen molar-refractivity contribution in [2.45, 2.75) is 31.0 Å². The lowest BCUT2D eigenvalue weighted by molar-refractivity contribution is -0.134. The first-order chi connectivity index (χ1) is 14.0. The minimum atomic E-state index is -0.157. The number of carbonyl (C=O) groups is 2. The molecule has 2 aromatic rings. The second kappa shape index (κ2) is 8.26. The monoisotopic (exact) mass is 399 g/mol. The molecule has 2 N–H and O–H groups in total. The van der Waals surface area contributed by atoms with Gasteiger partial charge in [-0.15, -0.1) is 10.2 Å². The number of ether oxygens (including phenoxy) is 1. The molecule has 29 heavy (non-hydrogen) atoms. The topological polar surface area (TPSA) is 116 Å². The Morgan fingerprint density at radius 2 is 2.14 bits per heavy atom. The SMILES string of the molecule is CN(C)C(=O)C[C@H]1CN2C[C@@H](NC(=O)c3ccccc3-c3nn[nH]n3)C[C@H]2CO1. The van der Waals surface area contributed by atoms with Crippen molar-refractivity contribution in [2.24, 2.45) is 0 Å². The Kier molecular flexibility index (Phi) is 5.54. The summed E-state index contributed by atoms with van der Waals surface area (Å²) in [7, 11) is 3.50. The Bertz CT molecular complexity index is 870. The zero-order valence-corrected chi connectivity index (χ0v) is 16.5. The molecule has 3 atom stereocenters. The van der Waals surface area contributed by atoms with Gasteiger partial charge in [-0.1, -0.05) is 18.2 Å². The molecule has 0 radical (unpaired) electrons. The van der Waals surface area contributed by atoms with Crippen LogP contribution in [0.5, 0.6) is 0 Å². The van der Waals surface area contributed by atoms with E-state index in [1.165, 1.54) is 0 Å². The van der Waals surface area contributed by atoms with Gasteiger partial charge in [-0.05, 0) is 17.7 Å². The number of nitrogens with one attached hydrogen (secondary N) is 2. The van der Waals surface area contributed by atoms with Crippen molar-refractivity contribution in [1.29, 1.82) is 0 Å². The van der Waals surface area contributed by atoms with Gasteiger partial charge in [0.05, 0.1) is 24.7 Å². The van der Waals surface area contributed by atoms with Crippen LogP contribution in [0.4, 0.5) is 0 Å². The number of fused-ring (bicyclic) bond motifs is 1. The first kappa shape index (κ1) is 19.5. The van der Waals surface area contributed by atoms with Crippen LogP contribution in [0.15, 0.2) is 24.3 Å². The number of hydrogen-bond donors (Lipinski definition) is 2. The molecule has 2 aliphatic heterocycles. The fourth-order valence-corrected chi connectivity index (χ4v) is 3.96. The fourth-order valence-electron chi connectivity index (χ4n) is 3.96. The summed E-state index contributed by atoms with van der Waals surface area (Å²) in [6.45, 7) is 2.03. The Balaban J connectivity index is 1.38. The predicted octanol–water partition coefficient (Wildman–Crippen LogP) is -0.0835. The fraction of sp³-hybridized carbons (Fsp3) is 0.526. The molecule has 2 fully saturated rings. The van der Waals surface area contributed by atoms with Gasteiger partial charge >= 0.3 is 0 Å². The highest BCUT2D eigenvalue weighted by Gasteiger charge is 2.38. The minimum absolute atomic E-state index is 0.0257. The lowest BCUT2D eigenvalue weighted by Gasteiger charge is -2.35. The van der Waals surface area contributed by atoms with Crippen molar-refractivity contribution in [3.8, 4) is 11.4 Å². The van der Waals surface area contributed by atoms with E-state index in [-0.39, 0.29) is 30.0 Å². The third-order valence-electron chi connectivity index (χ3n) is 5.48. The molecule has 2 amide bonds. The minimum Gasteiger partial charge on any atom is -0.375 e. The number of carbonyl (C=O) groups excluding carboxylic acids is 2. The molecule has 1 aromatic heterocycles. The van der Waals surface area contributed by atoms with Gasteiger partial charge < -0.3 is 15.0 Å². The maximum absolute atomic E-state index is 12.9. The molecule has 0 saturated carbocycles. The van der Waals surface area contributed by atoms with Gasteiger partial charge in [-0.25, -0.2) is 0 Å². The molecule has 0 aliphatic carbocycles. The largest absolute Gasteiger partial charge is 0.375 e. The van der Waals surface area contributed by atoms with E-state index in [1.807, 2.05) is 12.1 Å². The summed E-state index contributed by atoms with van der Waals surface area (Å²) in [4.78, 5) is 28.8. The van der Waals surface area contributed by atoms with Gasteiger partial charge in [0.15, 0.2) is 0 Å². The Morgan fingerprint density at radius 3 is 2.90 bits per heavy atom. The van der Waals surface area contributed by atoms with E-state index >= 15 is 0 Å². The van der Waals surface area contributed by atoms with Gasteiger partial charge in [0.2, 0.25) is 11.7 Å². The van der Waals surface area contributed by atoms with E-state index in [1.54, 1.807) is 31.1 Å². The summed E-state index contributed by atoms with van der Waals surface area (Å²) in [5.41, 5.74) is 1.16. The van der Waals surface area contributed by atoms with E-state index in [0.717, 1.165) is 13.0 Å². The molecule has 1 aromatic carbocycles. The molecule has 154 valence electrons. The average molecular weight is 399 g/mol. The number of rotatable bonds is 5. The number of nitrogens with zero attached hydrogens (tertiary/aromatic N) is 5. The first-order valence-electron chi connectivity index (χ1n) is 9.70. The summed E-state index contributed by atoms with van der Waals surface area (Å²) in [6.07, 6.45) is 1.10. The normalized spacial score (nSPS) is 24.1. The van der Waals surface area contributed by atoms with Gasteiger partial charge in [-0.3, -0.25) is 14.5 Å². The highest BCUT2D eigenvalue weighted by molar-refractivity contribution is 6.00. The van der Waals surface area contributed by atoms with Crippen LogP contribution in [0.2, 0.25) is 0 Å². The van der Waals surface area contributed by atoms with Crippen molar-refractivity contribution in [2.75, 3.05) is 33.8 Å². The molecule has 0 bridgehead atoms. The molecule has 3 heterocycles. The molecular formula is C19H25N7O3. The zero-order valence-electron chi connectivity index (χ0n) is 16.5. The van der Waals surface area contributed by atoms with Crippen molar-refractivity contribution >= 4 is 11.8 Å². The Hall–Kier alpha value is -2.85. The van der Waals surface area contributed by atoms with Crippen LogP contribution in [0.25, 0.3) is 11.4 Å². The molecule has 2 aliphatic rings. The third kappa shape index (κ3) is 4.28. The second-order valence-corrected chi connectivity index (χ2v) is 7.74. The number of aromatic amines is 1. The molecule has 10 heteroatoms. The molecule has 2 saturated heterocycles. The number of morpholine rings is 1. The first-order valence-corrected chi connectivity index (χ1v) is 9.70. The Labute approximate surface area is 168 Å². The number of hydrogen-bond acceptors (Lipinski definition) is 7. The van der Waals surface area contributed by atoms with Gasteiger partial charge in [0, 0.05) is 44.8 Å². The van der Waals surface area contributed by atoms with E-state index < -0.39 is 0 Å². The molecular weight excluding hydrogens is 374 g/mol. The summed E-state index contributed by atoms with van der Waals surface area (Å²) in [5, 5.41) is 17.1. The summed E-state index contributed by atoms with van der Waals surface area (Å²) >= 11 is 0. The van der Waals surface area contributed by atoms with Crippen LogP contribution in [0.1, 0.15) is 23.2 Å². The van der Waals surface area contributed by atoms with E-state index in [0.29, 0.717) is 36.5 Å². The van der Waals surface area contributed by atoms with E-state index in [4.69, 9.17) is 4.74 Å². The van der Waals surface area contributed by atoms with Gasteiger partial charge in [0.1, 0.15) is 0 Å². The number of aromatic nitrogens is 4. The van der Waals surface area contributed by atoms with Gasteiger partial charge in [0.25, 0.3) is 5.91 Å². The molecule has 0 unspecified atom stereocenters. The highest BCUT2D eigenvalue weighted by Crippen LogP contribution is 2.25. The summed E-state index contributed by atoms with van der Waals surface area (Å²) < 4.78 is 5.89. The van der Waals surface area contributed by atoms with E-state index in [9.17, 15) is 9.59 Å². The molecule has 4 rings (SSSR count). The van der Waals surface area contributed by atoms with Crippen LogP contribution < -0.4 is 5.32 Å². The van der Waals surface area contributed by atoms with E-state index in [2.05, 4.69) is 30.8 Å². The highest BCUT2D eigenvalue weighted by atomic mass is 16.5. The number of benzene rings is 1. The predicted molar refractivity (Wildman–Crippen MR) is 104 cm³/mol. The van der Waals surface area contributed by atoms with Crippen LogP contribution in [-0.4, -0.2) is 94.2 Å². The standard InChI is InChI=1S/C19H25N7O3/c1-25(2)17(27)8-14-10-26-9-12(7-13(26)11-29-14)20-19(28)16-6-4-3-5-15(16)18-21-23-24-22-18/h3-6,12-14H,7-11H2,1-2H3,(H,20,28)(H,21,22,23,24)/t12-,13-,14-/m0/s1. The quantitative estimate of drug-likeness (QED) is 0.722. The number of H-pyrrole nitrogens is 1. The molecule has 10 nitrogen and oxygen atoms in total. The van der Waals surface area contributed by atoms with Crippen molar-refractivity contribution in [1.82, 2.24) is 35.7 Å². The Morgan fingerprint density at radius 1 is 1.31 bits per heavy atom. The van der Waals surface area contributed by atoms with Crippen molar-refractivity contribution < 1.29 is 14.3 Å². The van der Waals surface area contributed by atoms with Crippen molar-refractivity contribution in [3.63, 3.8) is 0 Å². The maximum Gasteiger partial charge on any atom is 0.252 e. The zero-order chi connectivity index (χ0) is 20.4. The van der Waals surface area contributed by atoms with Crippen LogP contribution in [-0.2, 0) is 9.53 Å². The maximum atomic E-state index is 12.9. The van der Waals surface area contributed by atoms with Gasteiger partial charge in [-0.2, -0.15) is 5.21 Å².